The van der Waals surface area contributed by atoms with E-state index in [4.69, 9.17) is 16.5 Å². The Balaban J connectivity index is 2.06. The van der Waals surface area contributed by atoms with E-state index in [1.54, 1.807) is 0 Å². The van der Waals surface area contributed by atoms with E-state index in [0.29, 0.717) is 11.5 Å². The van der Waals surface area contributed by atoms with E-state index in [2.05, 4.69) is 10.3 Å². The summed E-state index contributed by atoms with van der Waals surface area (Å²) in [7, 11) is 0. The normalized spacial score (nSPS) is 19.5. The molecule has 0 bridgehead atoms. The van der Waals surface area contributed by atoms with Crippen molar-refractivity contribution in [3.8, 4) is 0 Å². The van der Waals surface area contributed by atoms with Crippen molar-refractivity contribution in [2.45, 2.75) is 71.0 Å². The van der Waals surface area contributed by atoms with Crippen LogP contribution in [0.1, 0.15) is 68.8 Å². The van der Waals surface area contributed by atoms with Crippen molar-refractivity contribution in [3.63, 3.8) is 0 Å². The molecule has 1 amide bonds. The largest absolute Gasteiger partial charge is 0.369 e. The van der Waals surface area contributed by atoms with Crippen LogP contribution in [0.15, 0.2) is 28.2 Å². The number of aliphatic imine (C=N–C) groups is 2. The van der Waals surface area contributed by atoms with Gasteiger partial charge in [-0.3, -0.25) is 9.69 Å². The first-order valence-corrected chi connectivity index (χ1v) is 9.55. The summed E-state index contributed by atoms with van der Waals surface area (Å²) in [4.78, 5) is 23.7. The topological polar surface area (TPSA) is 109 Å². The molecule has 2 aliphatic rings. The van der Waals surface area contributed by atoms with Crippen molar-refractivity contribution < 1.29 is 4.79 Å². The molecule has 1 heterocycles. The second kappa shape index (κ2) is 6.87. The van der Waals surface area contributed by atoms with Gasteiger partial charge >= 0.3 is 0 Å². The number of amides is 1. The Kier molecular flexibility index (Phi) is 4.88. The molecule has 3 rings (SSSR count). The monoisotopic (exact) mass is 370 g/mol. The van der Waals surface area contributed by atoms with Crippen LogP contribution in [-0.2, 0) is 0 Å². The number of nitrogens with two attached hydrogens (primary N) is 2. The minimum absolute atomic E-state index is 0.102. The second-order valence-electron chi connectivity index (χ2n) is 8.47. The molecule has 146 valence electrons. The van der Waals surface area contributed by atoms with Crippen LogP contribution in [0.3, 0.4) is 0 Å². The van der Waals surface area contributed by atoms with Crippen molar-refractivity contribution in [2.75, 3.05) is 4.90 Å². The van der Waals surface area contributed by atoms with Crippen molar-refractivity contribution in [2.24, 2.45) is 21.5 Å². The maximum absolute atomic E-state index is 12.8. The van der Waals surface area contributed by atoms with E-state index < -0.39 is 5.66 Å². The fourth-order valence-corrected chi connectivity index (χ4v) is 3.99. The van der Waals surface area contributed by atoms with Gasteiger partial charge in [-0.1, -0.05) is 12.5 Å². The van der Waals surface area contributed by atoms with Crippen LogP contribution < -0.4 is 21.7 Å². The van der Waals surface area contributed by atoms with Gasteiger partial charge in [0.1, 0.15) is 5.66 Å². The molecule has 5 N–H and O–H groups in total. The van der Waals surface area contributed by atoms with Gasteiger partial charge in [0.05, 0.1) is 0 Å². The molecular weight excluding hydrogens is 340 g/mol. The zero-order valence-electron chi connectivity index (χ0n) is 16.7. The van der Waals surface area contributed by atoms with Gasteiger partial charge in [-0.05, 0) is 71.1 Å². The summed E-state index contributed by atoms with van der Waals surface area (Å²) in [5.41, 5.74) is 13.8. The average Bonchev–Trinajstić information content (AvgIpc) is 2.54. The summed E-state index contributed by atoms with van der Waals surface area (Å²) in [6.45, 7) is 7.84. The van der Waals surface area contributed by atoms with Gasteiger partial charge in [-0.2, -0.15) is 4.99 Å². The van der Waals surface area contributed by atoms with Gasteiger partial charge in [0.15, 0.2) is 0 Å². The molecule has 1 aliphatic carbocycles. The number of hydrogen-bond acceptors (Lipinski definition) is 6. The summed E-state index contributed by atoms with van der Waals surface area (Å²) in [5.74, 6) is 0.459. The lowest BCUT2D eigenvalue weighted by Crippen LogP contribution is -2.58. The highest BCUT2D eigenvalue weighted by atomic mass is 16.1. The van der Waals surface area contributed by atoms with Crippen molar-refractivity contribution in [3.05, 3.63) is 29.3 Å². The molecule has 1 aliphatic heterocycles. The number of carbonyl (C=O) groups excluding carboxylic acids is 1. The molecule has 0 atom stereocenters. The van der Waals surface area contributed by atoms with E-state index >= 15 is 0 Å². The highest BCUT2D eigenvalue weighted by Gasteiger charge is 2.43. The fraction of sp³-hybridized carbons (Fsp3) is 0.550. The first-order valence-electron chi connectivity index (χ1n) is 9.55. The molecule has 0 saturated heterocycles. The summed E-state index contributed by atoms with van der Waals surface area (Å²) in [6, 6.07) is 5.69. The number of carbonyl (C=O) groups is 1. The first-order chi connectivity index (χ1) is 12.6. The number of benzene rings is 1. The Morgan fingerprint density at radius 2 is 1.85 bits per heavy atom. The van der Waals surface area contributed by atoms with Gasteiger partial charge < -0.3 is 16.8 Å². The molecule has 0 unspecified atom stereocenters. The van der Waals surface area contributed by atoms with Crippen molar-refractivity contribution >= 4 is 23.5 Å². The van der Waals surface area contributed by atoms with Crippen LogP contribution in [0, 0.1) is 6.92 Å². The van der Waals surface area contributed by atoms with Gasteiger partial charge in [-0.25, -0.2) is 4.99 Å². The molecule has 1 aromatic carbocycles. The van der Waals surface area contributed by atoms with Gasteiger partial charge in [0.25, 0.3) is 5.91 Å². The average molecular weight is 371 g/mol. The van der Waals surface area contributed by atoms with Crippen LogP contribution in [0.25, 0.3) is 0 Å². The number of anilines is 1. The molecule has 1 spiro atoms. The van der Waals surface area contributed by atoms with Gasteiger partial charge in [0, 0.05) is 16.8 Å². The number of guanidine groups is 2. The molecule has 27 heavy (non-hydrogen) atoms. The number of rotatable bonds is 2. The molecular formula is C20H30N6O. The predicted octanol–water partition coefficient (Wildman–Crippen LogP) is 2.63. The third-order valence-corrected chi connectivity index (χ3v) is 5.13. The highest BCUT2D eigenvalue weighted by molar-refractivity contribution is 6.07. The predicted molar refractivity (Wildman–Crippen MR) is 110 cm³/mol. The van der Waals surface area contributed by atoms with E-state index in [9.17, 15) is 4.79 Å². The SMILES string of the molecule is Cc1c(C(=O)NC(C)(C)C)cccc1N1C(N)=NC(N)=NC12CCCCC2. The summed E-state index contributed by atoms with van der Waals surface area (Å²) in [6.07, 6.45) is 5.02. The Labute approximate surface area is 160 Å². The lowest BCUT2D eigenvalue weighted by molar-refractivity contribution is 0.0919. The standard InChI is InChI=1S/C20H30N6O/c1-13-14(16(27)24-19(2,3)4)9-8-10-15(13)26-18(22)23-17(21)25-20(26)11-6-5-7-12-20/h8-10H,5-7,11-12H2,1-4H3,(H,24,27)(H4,21,22,23,25). The smallest absolute Gasteiger partial charge is 0.252 e. The minimum atomic E-state index is -0.516. The molecule has 1 fully saturated rings. The Morgan fingerprint density at radius 1 is 1.19 bits per heavy atom. The Hall–Kier alpha value is -2.57. The van der Waals surface area contributed by atoms with Crippen LogP contribution in [0.5, 0.6) is 0 Å². The van der Waals surface area contributed by atoms with Crippen LogP contribution in [-0.4, -0.2) is 29.0 Å². The first kappa shape index (κ1) is 19.2. The van der Waals surface area contributed by atoms with Crippen LogP contribution in [0.2, 0.25) is 0 Å². The lowest BCUT2D eigenvalue weighted by Gasteiger charge is -2.46. The van der Waals surface area contributed by atoms with Gasteiger partial charge in [-0.15, -0.1) is 0 Å². The summed E-state index contributed by atoms with van der Waals surface area (Å²) < 4.78 is 0. The maximum atomic E-state index is 12.8. The van der Waals surface area contributed by atoms with E-state index in [-0.39, 0.29) is 17.4 Å². The third kappa shape index (κ3) is 3.77. The lowest BCUT2D eigenvalue weighted by atomic mass is 9.86. The van der Waals surface area contributed by atoms with Gasteiger partial charge in [0.2, 0.25) is 11.9 Å². The zero-order chi connectivity index (χ0) is 19.8. The molecule has 1 saturated carbocycles. The number of hydrogen-bond donors (Lipinski definition) is 3. The third-order valence-electron chi connectivity index (χ3n) is 5.13. The van der Waals surface area contributed by atoms with Crippen molar-refractivity contribution in [1.29, 1.82) is 0 Å². The summed E-state index contributed by atoms with van der Waals surface area (Å²) in [5, 5.41) is 3.03. The molecule has 0 radical (unpaired) electrons. The zero-order valence-corrected chi connectivity index (χ0v) is 16.7. The van der Waals surface area contributed by atoms with E-state index in [1.165, 1.54) is 6.42 Å². The molecule has 7 nitrogen and oxygen atoms in total. The fourth-order valence-electron chi connectivity index (χ4n) is 3.99. The Morgan fingerprint density at radius 3 is 2.48 bits per heavy atom. The second-order valence-corrected chi connectivity index (χ2v) is 8.47. The quantitative estimate of drug-likeness (QED) is 0.743. The Bertz CT molecular complexity index is 799. The van der Waals surface area contributed by atoms with E-state index in [0.717, 1.165) is 36.9 Å². The highest BCUT2D eigenvalue weighted by Crippen LogP contribution is 2.40. The number of nitrogens with zero attached hydrogens (tertiary/aromatic N) is 3. The number of nitrogens with one attached hydrogen (secondary N) is 1. The molecule has 7 heteroatoms. The maximum Gasteiger partial charge on any atom is 0.252 e. The molecule has 1 aromatic rings. The van der Waals surface area contributed by atoms with Crippen LogP contribution in [0.4, 0.5) is 5.69 Å². The summed E-state index contributed by atoms with van der Waals surface area (Å²) >= 11 is 0. The van der Waals surface area contributed by atoms with Crippen LogP contribution >= 0.6 is 0 Å². The minimum Gasteiger partial charge on any atom is -0.369 e. The van der Waals surface area contributed by atoms with Crippen molar-refractivity contribution in [1.82, 2.24) is 5.32 Å². The molecule has 0 aromatic heterocycles. The van der Waals surface area contributed by atoms with E-state index in [1.807, 2.05) is 50.8 Å².